The number of hydrogen-bond acceptors (Lipinski definition) is 5. The van der Waals surface area contributed by atoms with Gasteiger partial charge in [0.1, 0.15) is 0 Å². The first-order valence-corrected chi connectivity index (χ1v) is 18.2. The van der Waals surface area contributed by atoms with Gasteiger partial charge in [-0.25, -0.2) is 15.0 Å². The van der Waals surface area contributed by atoms with Crippen molar-refractivity contribution in [2.75, 3.05) is 0 Å². The van der Waals surface area contributed by atoms with Gasteiger partial charge >= 0.3 is 0 Å². The summed E-state index contributed by atoms with van der Waals surface area (Å²) in [7, 11) is 0. The Kier molecular flexibility index (Phi) is 6.86. The van der Waals surface area contributed by atoms with Gasteiger partial charge in [-0.3, -0.25) is 0 Å². The standard InChI is InChI=1S/C45H27N3S2/c1-2-11-29(12-3-1)32-13-4-5-16-37(32)44-46-43(47-45(48-44)38-18-10-17-36-34-15-7-9-20-40(34)50-42(36)38)30-23-21-28(22-24-30)31-25-26-35-33-14-6-8-19-39(33)49-41(35)27-31/h1-27H. The first-order chi connectivity index (χ1) is 24.8. The number of benzene rings is 7. The molecule has 0 N–H and O–H groups in total. The Morgan fingerprint density at radius 2 is 0.840 bits per heavy atom. The lowest BCUT2D eigenvalue weighted by Crippen LogP contribution is -2.01. The fourth-order valence-electron chi connectivity index (χ4n) is 6.93. The number of thiophene rings is 2. The monoisotopic (exact) mass is 673 g/mol. The van der Waals surface area contributed by atoms with Crippen LogP contribution in [-0.2, 0) is 0 Å². The van der Waals surface area contributed by atoms with E-state index in [1.165, 1.54) is 45.9 Å². The Balaban J connectivity index is 1.13. The lowest BCUT2D eigenvalue weighted by molar-refractivity contribution is 1.08. The zero-order valence-electron chi connectivity index (χ0n) is 26.7. The van der Waals surface area contributed by atoms with Crippen molar-refractivity contribution in [2.45, 2.75) is 0 Å². The Hall–Kier alpha value is -6.01. The van der Waals surface area contributed by atoms with Crippen molar-refractivity contribution in [3.8, 4) is 56.4 Å². The molecule has 3 aromatic heterocycles. The van der Waals surface area contributed by atoms with Crippen LogP contribution < -0.4 is 0 Å². The predicted octanol–water partition coefficient (Wildman–Crippen LogP) is 12.9. The van der Waals surface area contributed by atoms with Crippen LogP contribution in [0.25, 0.3) is 96.8 Å². The molecule has 0 spiro atoms. The maximum absolute atomic E-state index is 5.20. The van der Waals surface area contributed by atoms with Crippen LogP contribution in [-0.4, -0.2) is 15.0 Å². The van der Waals surface area contributed by atoms with Crippen LogP contribution in [0.15, 0.2) is 164 Å². The second kappa shape index (κ2) is 11.8. The zero-order valence-corrected chi connectivity index (χ0v) is 28.4. The highest BCUT2D eigenvalue weighted by molar-refractivity contribution is 7.26. The van der Waals surface area contributed by atoms with Crippen LogP contribution in [0.5, 0.6) is 0 Å². The van der Waals surface area contributed by atoms with Gasteiger partial charge in [0, 0.05) is 57.0 Å². The summed E-state index contributed by atoms with van der Waals surface area (Å²) < 4.78 is 5.05. The largest absolute Gasteiger partial charge is 0.208 e. The van der Waals surface area contributed by atoms with Crippen LogP contribution in [0.2, 0.25) is 0 Å². The van der Waals surface area contributed by atoms with Crippen LogP contribution in [0.4, 0.5) is 0 Å². The SMILES string of the molecule is c1ccc(-c2ccccc2-c2nc(-c3ccc(-c4ccc5c(c4)sc4ccccc45)cc3)nc(-c3cccc4c3sc3ccccc34)n2)cc1. The summed E-state index contributed by atoms with van der Waals surface area (Å²) in [6.07, 6.45) is 0. The highest BCUT2D eigenvalue weighted by atomic mass is 32.1. The summed E-state index contributed by atoms with van der Waals surface area (Å²) in [5, 5.41) is 5.09. The number of fused-ring (bicyclic) bond motifs is 6. The van der Waals surface area contributed by atoms with E-state index in [2.05, 4.69) is 158 Å². The van der Waals surface area contributed by atoms with Crippen LogP contribution in [0.1, 0.15) is 0 Å². The summed E-state index contributed by atoms with van der Waals surface area (Å²) in [5.41, 5.74) is 7.50. The van der Waals surface area contributed by atoms with E-state index in [0.29, 0.717) is 17.5 Å². The van der Waals surface area contributed by atoms with Gasteiger partial charge in [-0.1, -0.05) is 140 Å². The van der Waals surface area contributed by atoms with Crippen molar-refractivity contribution in [1.29, 1.82) is 0 Å². The van der Waals surface area contributed by atoms with Gasteiger partial charge in [0.2, 0.25) is 0 Å². The van der Waals surface area contributed by atoms with Gasteiger partial charge in [0.05, 0.1) is 0 Å². The van der Waals surface area contributed by atoms with Crippen molar-refractivity contribution in [3.05, 3.63) is 164 Å². The molecule has 5 heteroatoms. The molecular weight excluding hydrogens is 647 g/mol. The van der Waals surface area contributed by atoms with Crippen LogP contribution in [0, 0.1) is 0 Å². The highest BCUT2D eigenvalue weighted by Crippen LogP contribution is 2.41. The Labute approximate surface area is 296 Å². The molecule has 0 aliphatic heterocycles. The third-order valence-electron chi connectivity index (χ3n) is 9.39. The Morgan fingerprint density at radius 3 is 1.64 bits per heavy atom. The second-order valence-corrected chi connectivity index (χ2v) is 14.5. The molecule has 0 amide bonds. The molecule has 0 atom stereocenters. The van der Waals surface area contributed by atoms with E-state index in [0.717, 1.165) is 33.4 Å². The normalized spacial score (nSPS) is 11.6. The van der Waals surface area contributed by atoms with E-state index in [-0.39, 0.29) is 0 Å². The first-order valence-electron chi connectivity index (χ1n) is 16.6. The molecule has 50 heavy (non-hydrogen) atoms. The van der Waals surface area contributed by atoms with Crippen molar-refractivity contribution in [1.82, 2.24) is 15.0 Å². The first kappa shape index (κ1) is 29.0. The molecule has 0 unspecified atom stereocenters. The molecular formula is C45H27N3S2. The molecule has 0 fully saturated rings. The number of aromatic nitrogens is 3. The number of rotatable bonds is 5. The van der Waals surface area contributed by atoms with E-state index in [9.17, 15) is 0 Å². The quantitative estimate of drug-likeness (QED) is 0.182. The molecule has 0 saturated heterocycles. The van der Waals surface area contributed by atoms with E-state index in [4.69, 9.17) is 15.0 Å². The predicted molar refractivity (Wildman–Crippen MR) is 213 cm³/mol. The third kappa shape index (κ3) is 4.90. The summed E-state index contributed by atoms with van der Waals surface area (Å²) in [5.74, 6) is 1.98. The zero-order chi connectivity index (χ0) is 33.0. The van der Waals surface area contributed by atoms with E-state index in [1.807, 2.05) is 17.4 Å². The topological polar surface area (TPSA) is 38.7 Å². The lowest BCUT2D eigenvalue weighted by atomic mass is 9.99. The molecule has 3 nitrogen and oxygen atoms in total. The van der Waals surface area contributed by atoms with E-state index in [1.54, 1.807) is 11.3 Å². The minimum absolute atomic E-state index is 0.650. The van der Waals surface area contributed by atoms with Gasteiger partial charge in [-0.2, -0.15) is 0 Å². The third-order valence-corrected chi connectivity index (χ3v) is 11.7. The summed E-state index contributed by atoms with van der Waals surface area (Å²) >= 11 is 3.63. The molecule has 234 valence electrons. The number of hydrogen-bond donors (Lipinski definition) is 0. The minimum Gasteiger partial charge on any atom is -0.208 e. The summed E-state index contributed by atoms with van der Waals surface area (Å²) in [6, 6.07) is 57.9. The molecule has 0 saturated carbocycles. The second-order valence-electron chi connectivity index (χ2n) is 12.4. The van der Waals surface area contributed by atoms with E-state index >= 15 is 0 Å². The molecule has 0 aliphatic carbocycles. The smallest absolute Gasteiger partial charge is 0.165 e. The molecule has 10 rings (SSSR count). The van der Waals surface area contributed by atoms with Gasteiger partial charge in [0.15, 0.2) is 17.5 Å². The van der Waals surface area contributed by atoms with Gasteiger partial charge in [-0.05, 0) is 46.5 Å². The Morgan fingerprint density at radius 1 is 0.300 bits per heavy atom. The average Bonchev–Trinajstić information content (AvgIpc) is 3.76. The van der Waals surface area contributed by atoms with Crippen LogP contribution in [0.3, 0.4) is 0 Å². The fourth-order valence-corrected chi connectivity index (χ4v) is 9.29. The summed E-state index contributed by atoms with van der Waals surface area (Å²) in [4.78, 5) is 15.5. The van der Waals surface area contributed by atoms with Crippen molar-refractivity contribution < 1.29 is 0 Å². The van der Waals surface area contributed by atoms with Crippen molar-refractivity contribution in [2.24, 2.45) is 0 Å². The molecule has 7 aromatic carbocycles. The van der Waals surface area contributed by atoms with Crippen molar-refractivity contribution >= 4 is 63.0 Å². The maximum atomic E-state index is 5.20. The molecule has 3 heterocycles. The lowest BCUT2D eigenvalue weighted by Gasteiger charge is -2.12. The number of nitrogens with zero attached hydrogens (tertiary/aromatic N) is 3. The van der Waals surface area contributed by atoms with Crippen LogP contribution >= 0.6 is 22.7 Å². The minimum atomic E-state index is 0.650. The van der Waals surface area contributed by atoms with E-state index < -0.39 is 0 Å². The molecule has 0 aliphatic rings. The van der Waals surface area contributed by atoms with Gasteiger partial charge < -0.3 is 0 Å². The Bertz CT molecular complexity index is 2870. The fraction of sp³-hybridized carbons (Fsp3) is 0. The molecule has 10 aromatic rings. The molecule has 0 bridgehead atoms. The maximum Gasteiger partial charge on any atom is 0.165 e. The summed E-state index contributed by atoms with van der Waals surface area (Å²) in [6.45, 7) is 0. The average molecular weight is 674 g/mol. The highest BCUT2D eigenvalue weighted by Gasteiger charge is 2.18. The van der Waals surface area contributed by atoms with Crippen molar-refractivity contribution in [3.63, 3.8) is 0 Å². The van der Waals surface area contributed by atoms with Gasteiger partial charge in [0.25, 0.3) is 0 Å². The van der Waals surface area contributed by atoms with Gasteiger partial charge in [-0.15, -0.1) is 22.7 Å². The molecule has 0 radical (unpaired) electrons.